The van der Waals surface area contributed by atoms with Gasteiger partial charge in [-0.2, -0.15) is 0 Å². The quantitative estimate of drug-likeness (QED) is 0.594. The molecule has 2 aromatic carbocycles. The number of fused-ring (bicyclic) bond motifs is 1. The number of hydrogen-bond acceptors (Lipinski definition) is 4. The Hall–Kier alpha value is -2.95. The second kappa shape index (κ2) is 7.35. The van der Waals surface area contributed by atoms with Crippen molar-refractivity contribution in [2.45, 2.75) is 40.0 Å². The molecule has 0 fully saturated rings. The summed E-state index contributed by atoms with van der Waals surface area (Å²) in [5, 5.41) is 0. The lowest BCUT2D eigenvalue weighted by Crippen LogP contribution is -2.31. The van der Waals surface area contributed by atoms with E-state index in [0.717, 1.165) is 17.5 Å². The van der Waals surface area contributed by atoms with E-state index in [-0.39, 0.29) is 16.7 Å². The van der Waals surface area contributed by atoms with Crippen LogP contribution in [0.5, 0.6) is 0 Å². The molecule has 0 spiro atoms. The standard InChI is InChI=1S/C22H23NO4/c1-5-13-11-14(6-2)19(15(7-3)12-13)23-20(24)16-9-8-10-17(22(26)27-4)18(16)21(23)25/h8-12H,5-7H2,1-4H3. The third-order valence-electron chi connectivity index (χ3n) is 5.04. The Labute approximate surface area is 158 Å². The molecule has 0 aromatic heterocycles. The molecule has 1 aliphatic rings. The Morgan fingerprint density at radius 1 is 0.963 bits per heavy atom. The Morgan fingerprint density at radius 2 is 1.59 bits per heavy atom. The summed E-state index contributed by atoms with van der Waals surface area (Å²) in [4.78, 5) is 39.7. The van der Waals surface area contributed by atoms with Crippen LogP contribution in [0.4, 0.5) is 5.69 Å². The lowest BCUT2D eigenvalue weighted by atomic mass is 9.97. The molecule has 0 aliphatic carbocycles. The fourth-order valence-corrected chi connectivity index (χ4v) is 3.63. The van der Waals surface area contributed by atoms with Crippen LogP contribution in [0.1, 0.15) is 68.5 Å². The first-order valence-corrected chi connectivity index (χ1v) is 9.23. The normalized spacial score (nSPS) is 13.1. The van der Waals surface area contributed by atoms with Crippen LogP contribution in [0.15, 0.2) is 30.3 Å². The molecular formula is C22H23NO4. The van der Waals surface area contributed by atoms with E-state index in [1.165, 1.54) is 23.6 Å². The number of carbonyl (C=O) groups is 3. The van der Waals surface area contributed by atoms with Crippen molar-refractivity contribution in [2.24, 2.45) is 0 Å². The maximum atomic E-state index is 13.2. The van der Waals surface area contributed by atoms with Crippen molar-refractivity contribution >= 4 is 23.5 Å². The van der Waals surface area contributed by atoms with E-state index >= 15 is 0 Å². The van der Waals surface area contributed by atoms with Crippen LogP contribution in [0.2, 0.25) is 0 Å². The van der Waals surface area contributed by atoms with Crippen molar-refractivity contribution in [2.75, 3.05) is 12.0 Å². The Balaban J connectivity index is 2.22. The summed E-state index contributed by atoms with van der Waals surface area (Å²) in [6, 6.07) is 8.81. The first kappa shape index (κ1) is 18.8. The number of methoxy groups -OCH3 is 1. The highest BCUT2D eigenvalue weighted by Crippen LogP contribution is 2.36. The fourth-order valence-electron chi connectivity index (χ4n) is 3.63. The van der Waals surface area contributed by atoms with E-state index in [9.17, 15) is 14.4 Å². The molecule has 1 aliphatic heterocycles. The zero-order valence-corrected chi connectivity index (χ0v) is 16.1. The summed E-state index contributed by atoms with van der Waals surface area (Å²) < 4.78 is 4.79. The van der Waals surface area contributed by atoms with Gasteiger partial charge in [-0.1, -0.05) is 39.0 Å². The van der Waals surface area contributed by atoms with Crippen molar-refractivity contribution < 1.29 is 19.1 Å². The molecule has 27 heavy (non-hydrogen) atoms. The minimum atomic E-state index is -0.623. The molecule has 5 heteroatoms. The number of rotatable bonds is 5. The number of anilines is 1. The monoisotopic (exact) mass is 365 g/mol. The smallest absolute Gasteiger partial charge is 0.338 e. The van der Waals surface area contributed by atoms with Crippen molar-refractivity contribution in [3.63, 3.8) is 0 Å². The molecule has 0 atom stereocenters. The Morgan fingerprint density at radius 3 is 2.11 bits per heavy atom. The van der Waals surface area contributed by atoms with Crippen molar-refractivity contribution in [3.05, 3.63) is 63.7 Å². The third-order valence-corrected chi connectivity index (χ3v) is 5.04. The van der Waals surface area contributed by atoms with E-state index in [2.05, 4.69) is 19.1 Å². The zero-order chi connectivity index (χ0) is 19.7. The van der Waals surface area contributed by atoms with Gasteiger partial charge in [0.15, 0.2) is 0 Å². The SMILES string of the molecule is CCc1cc(CC)c(N2C(=O)c3cccc(C(=O)OC)c3C2=O)c(CC)c1. The van der Waals surface area contributed by atoms with Gasteiger partial charge in [-0.3, -0.25) is 9.59 Å². The summed E-state index contributed by atoms with van der Waals surface area (Å²) in [5.74, 6) is -1.48. The number of carbonyl (C=O) groups excluding carboxylic acids is 3. The third kappa shape index (κ3) is 2.93. The molecule has 0 unspecified atom stereocenters. The summed E-state index contributed by atoms with van der Waals surface area (Å²) in [7, 11) is 1.26. The second-order valence-electron chi connectivity index (χ2n) is 6.49. The van der Waals surface area contributed by atoms with E-state index in [1.54, 1.807) is 12.1 Å². The molecule has 140 valence electrons. The maximum Gasteiger partial charge on any atom is 0.338 e. The predicted molar refractivity (Wildman–Crippen MR) is 103 cm³/mol. The number of hydrogen-bond donors (Lipinski definition) is 0. The van der Waals surface area contributed by atoms with Gasteiger partial charge in [0, 0.05) is 0 Å². The molecule has 1 heterocycles. The van der Waals surface area contributed by atoms with Gasteiger partial charge in [0.25, 0.3) is 11.8 Å². The van der Waals surface area contributed by atoms with E-state index in [4.69, 9.17) is 4.74 Å². The number of nitrogens with zero attached hydrogens (tertiary/aromatic N) is 1. The molecule has 0 N–H and O–H groups in total. The Bertz CT molecular complexity index is 920. The Kier molecular flexibility index (Phi) is 5.13. The van der Waals surface area contributed by atoms with Crippen LogP contribution in [0.25, 0.3) is 0 Å². The van der Waals surface area contributed by atoms with Gasteiger partial charge in [-0.05, 0) is 48.1 Å². The number of imide groups is 1. The van der Waals surface area contributed by atoms with E-state index < -0.39 is 17.8 Å². The van der Waals surface area contributed by atoms with Crippen molar-refractivity contribution in [3.8, 4) is 0 Å². The zero-order valence-electron chi connectivity index (χ0n) is 16.1. The molecule has 0 radical (unpaired) electrons. The molecular weight excluding hydrogens is 342 g/mol. The van der Waals surface area contributed by atoms with Crippen molar-refractivity contribution in [1.29, 1.82) is 0 Å². The lowest BCUT2D eigenvalue weighted by Gasteiger charge is -2.22. The number of benzene rings is 2. The van der Waals surface area contributed by atoms with Crippen LogP contribution >= 0.6 is 0 Å². The van der Waals surface area contributed by atoms with Crippen molar-refractivity contribution in [1.82, 2.24) is 0 Å². The van der Waals surface area contributed by atoms with Crippen LogP contribution in [-0.2, 0) is 24.0 Å². The highest BCUT2D eigenvalue weighted by atomic mass is 16.5. The van der Waals surface area contributed by atoms with E-state index in [1.807, 2.05) is 13.8 Å². The highest BCUT2D eigenvalue weighted by Gasteiger charge is 2.41. The molecule has 0 saturated carbocycles. The average Bonchev–Trinajstić information content (AvgIpc) is 2.96. The number of ether oxygens (including phenoxy) is 1. The molecule has 2 aromatic rings. The average molecular weight is 365 g/mol. The topological polar surface area (TPSA) is 63.7 Å². The lowest BCUT2D eigenvalue weighted by molar-refractivity contribution is 0.0597. The minimum Gasteiger partial charge on any atom is -0.465 e. The first-order valence-electron chi connectivity index (χ1n) is 9.23. The van der Waals surface area contributed by atoms with Crippen LogP contribution in [-0.4, -0.2) is 24.9 Å². The van der Waals surface area contributed by atoms with Gasteiger partial charge in [0.05, 0.1) is 29.5 Å². The predicted octanol–water partition coefficient (Wildman–Crippen LogP) is 3.96. The van der Waals surface area contributed by atoms with Gasteiger partial charge in [0.2, 0.25) is 0 Å². The minimum absolute atomic E-state index is 0.122. The van der Waals surface area contributed by atoms with Gasteiger partial charge >= 0.3 is 5.97 Å². The largest absolute Gasteiger partial charge is 0.465 e. The van der Waals surface area contributed by atoms with Crippen LogP contribution in [0.3, 0.4) is 0 Å². The van der Waals surface area contributed by atoms with Gasteiger partial charge < -0.3 is 4.74 Å². The highest BCUT2D eigenvalue weighted by molar-refractivity contribution is 6.36. The first-order chi connectivity index (χ1) is 13.0. The fraction of sp³-hybridized carbons (Fsp3) is 0.318. The number of esters is 1. The molecule has 3 rings (SSSR count). The van der Waals surface area contributed by atoms with Crippen LogP contribution in [0, 0.1) is 0 Å². The summed E-state index contributed by atoms with van der Waals surface area (Å²) in [6.45, 7) is 6.10. The summed E-state index contributed by atoms with van der Waals surface area (Å²) >= 11 is 0. The van der Waals surface area contributed by atoms with Crippen LogP contribution < -0.4 is 4.90 Å². The molecule has 0 bridgehead atoms. The second-order valence-corrected chi connectivity index (χ2v) is 6.49. The maximum absolute atomic E-state index is 13.2. The number of amides is 2. The van der Waals surface area contributed by atoms with Gasteiger partial charge in [-0.25, -0.2) is 9.69 Å². The molecule has 2 amide bonds. The summed E-state index contributed by atoms with van der Waals surface area (Å²) in [5.41, 5.74) is 4.24. The van der Waals surface area contributed by atoms with Gasteiger partial charge in [0.1, 0.15) is 0 Å². The molecule has 5 nitrogen and oxygen atoms in total. The van der Waals surface area contributed by atoms with Gasteiger partial charge in [-0.15, -0.1) is 0 Å². The van der Waals surface area contributed by atoms with E-state index in [0.29, 0.717) is 18.5 Å². The number of aryl methyl sites for hydroxylation is 3. The summed E-state index contributed by atoms with van der Waals surface area (Å²) in [6.07, 6.45) is 2.29. The molecule has 0 saturated heterocycles.